The van der Waals surface area contributed by atoms with Crippen LogP contribution < -0.4 is 0 Å². The maximum Gasteiger partial charge on any atom is 0.320 e. The Hall–Kier alpha value is -2.35. The molecule has 7 rings (SSSR count). The minimum atomic E-state index is -0.412. The van der Waals surface area contributed by atoms with Gasteiger partial charge in [0.1, 0.15) is 32.6 Å². The van der Waals surface area contributed by atoms with Crippen molar-refractivity contribution in [1.82, 2.24) is 34.6 Å². The third-order valence-corrected chi connectivity index (χ3v) is 10.4. The Morgan fingerprint density at radius 1 is 0.875 bits per heavy atom. The molecule has 0 bridgehead atoms. The average molecular weight is 641 g/mol. The molecule has 0 aliphatic carbocycles. The van der Waals surface area contributed by atoms with E-state index in [9.17, 15) is 9.59 Å². The third kappa shape index (κ3) is 5.21. The van der Waals surface area contributed by atoms with Gasteiger partial charge in [0.15, 0.2) is 0 Å². The Kier molecular flexibility index (Phi) is 7.99. The maximum atomic E-state index is 12.8. The summed E-state index contributed by atoms with van der Waals surface area (Å²) in [5.41, 5.74) is 2.36. The Balaban J connectivity index is 0.000000151. The van der Waals surface area contributed by atoms with Gasteiger partial charge in [0.25, 0.3) is 0 Å². The van der Waals surface area contributed by atoms with Crippen LogP contribution in [0.5, 0.6) is 0 Å². The zero-order valence-corrected chi connectivity index (χ0v) is 25.3. The Morgan fingerprint density at radius 2 is 1.43 bits per heavy atom. The van der Waals surface area contributed by atoms with Crippen molar-refractivity contribution in [2.75, 3.05) is 32.8 Å². The first-order chi connectivity index (χ1) is 19.3. The van der Waals surface area contributed by atoms with Crippen molar-refractivity contribution in [1.29, 1.82) is 0 Å². The van der Waals surface area contributed by atoms with Gasteiger partial charge in [-0.2, -0.15) is 0 Å². The van der Waals surface area contributed by atoms with Crippen LogP contribution >= 0.6 is 57.5 Å². The molecule has 15 heteroatoms. The van der Waals surface area contributed by atoms with E-state index in [2.05, 4.69) is 19.9 Å². The number of nitrogens with zero attached hydrogens (tertiary/aromatic N) is 7. The predicted octanol–water partition coefficient (Wildman–Crippen LogP) is 5.61. The quantitative estimate of drug-likeness (QED) is 0.140. The monoisotopic (exact) mass is 639 g/mol. The van der Waals surface area contributed by atoms with E-state index in [-0.39, 0.29) is 12.1 Å². The summed E-state index contributed by atoms with van der Waals surface area (Å²) < 4.78 is 5.42. The standard InChI is InChI=1S/C15H17ClN4O2S.C10H7Cl2N3OS/c1-9-7-22-5-4-20(9)15(21)19-3-2-10-11(6-19)23-14-12(10)13(16)17-8-18-14;11-8-7-5-1-2-15(10(12)16)3-6(5)17-9(7)14-4-13-8/h8-9H,2-7H2,1H3;4H,1-3H2/t9-;/m1./s1. The fourth-order valence-electron chi connectivity index (χ4n) is 5.28. The van der Waals surface area contributed by atoms with E-state index < -0.39 is 5.37 Å². The lowest BCUT2D eigenvalue weighted by Crippen LogP contribution is -2.53. The lowest BCUT2D eigenvalue weighted by molar-refractivity contribution is 0.00947. The number of ether oxygens (including phenoxy) is 1. The van der Waals surface area contributed by atoms with Gasteiger partial charge < -0.3 is 19.4 Å². The van der Waals surface area contributed by atoms with Crippen molar-refractivity contribution >= 4 is 89.3 Å². The summed E-state index contributed by atoms with van der Waals surface area (Å²) in [7, 11) is 0. The largest absolute Gasteiger partial charge is 0.377 e. The molecular formula is C25H24Cl3N7O3S2. The molecule has 7 heterocycles. The van der Waals surface area contributed by atoms with Gasteiger partial charge in [0.2, 0.25) is 0 Å². The molecule has 0 saturated carbocycles. The smallest absolute Gasteiger partial charge is 0.320 e. The number of halogens is 3. The summed E-state index contributed by atoms with van der Waals surface area (Å²) in [6.45, 7) is 6.39. The maximum absolute atomic E-state index is 12.8. The number of carbonyl (C=O) groups is 2. The van der Waals surface area contributed by atoms with E-state index in [1.165, 1.54) is 23.1 Å². The first kappa shape index (κ1) is 27.8. The highest BCUT2D eigenvalue weighted by Gasteiger charge is 2.32. The lowest BCUT2D eigenvalue weighted by atomic mass is 10.1. The first-order valence-electron chi connectivity index (χ1n) is 12.7. The number of hydrogen-bond acceptors (Lipinski definition) is 9. The summed E-state index contributed by atoms with van der Waals surface area (Å²) in [4.78, 5) is 50.0. The van der Waals surface area contributed by atoms with E-state index in [0.717, 1.165) is 43.7 Å². The van der Waals surface area contributed by atoms with Gasteiger partial charge in [0.05, 0.1) is 43.1 Å². The van der Waals surface area contributed by atoms with Crippen molar-refractivity contribution in [2.45, 2.75) is 38.9 Å². The fourth-order valence-corrected chi connectivity index (χ4v) is 8.44. The number of rotatable bonds is 0. The van der Waals surface area contributed by atoms with Crippen LogP contribution in [0, 0.1) is 0 Å². The van der Waals surface area contributed by atoms with Crippen LogP contribution in [0.3, 0.4) is 0 Å². The van der Waals surface area contributed by atoms with Crippen LogP contribution in [0.15, 0.2) is 12.7 Å². The zero-order valence-electron chi connectivity index (χ0n) is 21.4. The molecule has 10 nitrogen and oxygen atoms in total. The predicted molar refractivity (Wildman–Crippen MR) is 157 cm³/mol. The number of amides is 3. The van der Waals surface area contributed by atoms with E-state index >= 15 is 0 Å². The van der Waals surface area contributed by atoms with E-state index in [4.69, 9.17) is 39.5 Å². The molecule has 1 saturated heterocycles. The molecule has 0 N–H and O–H groups in total. The minimum Gasteiger partial charge on any atom is -0.377 e. The van der Waals surface area contributed by atoms with Gasteiger partial charge in [-0.15, -0.1) is 22.7 Å². The summed E-state index contributed by atoms with van der Waals surface area (Å²) in [6.07, 6.45) is 4.50. The van der Waals surface area contributed by atoms with E-state index in [1.54, 1.807) is 27.6 Å². The molecular weight excluding hydrogens is 617 g/mol. The Morgan fingerprint density at radius 3 is 1.98 bits per heavy atom. The molecule has 0 radical (unpaired) electrons. The summed E-state index contributed by atoms with van der Waals surface area (Å²) in [5.74, 6) is 0. The normalized spacial score (nSPS) is 18.8. The molecule has 40 heavy (non-hydrogen) atoms. The summed E-state index contributed by atoms with van der Waals surface area (Å²) in [6, 6.07) is 0.224. The van der Waals surface area contributed by atoms with E-state index in [1.807, 2.05) is 16.7 Å². The molecule has 1 atom stereocenters. The number of aromatic nitrogens is 4. The Bertz CT molecular complexity index is 1610. The molecule has 0 spiro atoms. The van der Waals surface area contributed by atoms with Crippen molar-refractivity contribution in [3.05, 3.63) is 43.8 Å². The van der Waals surface area contributed by atoms with Gasteiger partial charge in [0, 0.05) is 29.4 Å². The molecule has 3 aliphatic heterocycles. The van der Waals surface area contributed by atoms with Crippen LogP contribution in [-0.2, 0) is 30.7 Å². The van der Waals surface area contributed by atoms with Gasteiger partial charge in [-0.3, -0.25) is 4.79 Å². The summed E-state index contributed by atoms with van der Waals surface area (Å²) in [5, 5.41) is 2.47. The molecule has 0 unspecified atom stereocenters. The van der Waals surface area contributed by atoms with Gasteiger partial charge >= 0.3 is 11.4 Å². The highest BCUT2D eigenvalue weighted by atomic mass is 35.5. The number of hydrogen-bond donors (Lipinski definition) is 0. The SMILES string of the molecule is C[C@@H]1COCCN1C(=O)N1CCc2c(sc3ncnc(Cl)c23)C1.O=C(Cl)N1CCc2c(sc3ncnc(Cl)c23)C1. The Labute approximate surface area is 252 Å². The second-order valence-electron chi connectivity index (χ2n) is 9.69. The second-order valence-corrected chi connectivity index (χ2v) is 12.9. The second kappa shape index (κ2) is 11.5. The first-order valence-corrected chi connectivity index (χ1v) is 15.5. The van der Waals surface area contributed by atoms with Gasteiger partial charge in [-0.1, -0.05) is 23.2 Å². The van der Waals surface area contributed by atoms with Crippen molar-refractivity contribution in [3.8, 4) is 0 Å². The van der Waals surface area contributed by atoms with Crippen molar-refractivity contribution < 1.29 is 14.3 Å². The topological polar surface area (TPSA) is 105 Å². The third-order valence-electron chi connectivity index (χ3n) is 7.31. The molecule has 210 valence electrons. The molecule has 0 aromatic carbocycles. The van der Waals surface area contributed by atoms with Crippen LogP contribution in [0.1, 0.15) is 27.8 Å². The van der Waals surface area contributed by atoms with Gasteiger partial charge in [-0.25, -0.2) is 24.7 Å². The molecule has 4 aromatic heterocycles. The molecule has 4 aromatic rings. The number of thiophene rings is 2. The summed E-state index contributed by atoms with van der Waals surface area (Å²) >= 11 is 21.0. The van der Waals surface area contributed by atoms with Crippen LogP contribution in [0.4, 0.5) is 9.59 Å². The number of morpholine rings is 1. The number of fused-ring (bicyclic) bond motifs is 6. The average Bonchev–Trinajstić information content (AvgIpc) is 3.52. The lowest BCUT2D eigenvalue weighted by Gasteiger charge is -2.38. The number of carbonyl (C=O) groups excluding carboxylic acids is 2. The zero-order chi connectivity index (χ0) is 28.0. The fraction of sp³-hybridized carbons (Fsp3) is 0.440. The highest BCUT2D eigenvalue weighted by molar-refractivity contribution is 7.19. The van der Waals surface area contributed by atoms with Crippen LogP contribution in [0.2, 0.25) is 10.3 Å². The van der Waals surface area contributed by atoms with Crippen LogP contribution in [-0.4, -0.2) is 84.9 Å². The van der Waals surface area contributed by atoms with Crippen LogP contribution in [0.25, 0.3) is 20.4 Å². The van der Waals surface area contributed by atoms with E-state index in [0.29, 0.717) is 56.2 Å². The van der Waals surface area contributed by atoms with Crippen molar-refractivity contribution in [2.24, 2.45) is 0 Å². The molecule has 3 aliphatic rings. The van der Waals surface area contributed by atoms with Crippen molar-refractivity contribution in [3.63, 3.8) is 0 Å². The molecule has 3 amide bonds. The molecule has 1 fully saturated rings. The highest BCUT2D eigenvalue weighted by Crippen LogP contribution is 2.38. The number of urea groups is 1. The van der Waals surface area contributed by atoms with Gasteiger partial charge in [-0.05, 0) is 42.5 Å². The minimum absolute atomic E-state index is 0.0982.